The van der Waals surface area contributed by atoms with Crippen LogP contribution in [0.2, 0.25) is 0 Å². The van der Waals surface area contributed by atoms with Gasteiger partial charge in [0.2, 0.25) is 17.7 Å². The fraction of sp³-hybridized carbons (Fsp3) is 0.571. The number of carbonyl (C=O) groups excluding carboxylic acids is 3. The molecule has 0 radical (unpaired) electrons. The van der Waals surface area contributed by atoms with Gasteiger partial charge in [-0.15, -0.1) is 0 Å². The molecular formula is C21H28N4O3. The Hall–Kier alpha value is -2.41. The van der Waals surface area contributed by atoms with E-state index in [-0.39, 0.29) is 23.7 Å². The van der Waals surface area contributed by atoms with Gasteiger partial charge < -0.3 is 15.1 Å². The number of piperidine rings is 2. The first-order valence-corrected chi connectivity index (χ1v) is 10.3. The SMILES string of the molecule is O=C1CCC(c2ccc(N3CCN(C(=O)C4CCNCC4)CC3)cc2)C(=O)N1. The molecule has 3 aliphatic heterocycles. The first-order valence-electron chi connectivity index (χ1n) is 10.3. The van der Waals surface area contributed by atoms with Crippen LogP contribution in [0, 0.1) is 5.92 Å². The Morgan fingerprint density at radius 2 is 1.61 bits per heavy atom. The molecule has 0 aliphatic carbocycles. The highest BCUT2D eigenvalue weighted by Gasteiger charge is 2.30. The highest BCUT2D eigenvalue weighted by Crippen LogP contribution is 2.27. The van der Waals surface area contributed by atoms with E-state index in [1.54, 1.807) is 0 Å². The lowest BCUT2D eigenvalue weighted by Crippen LogP contribution is -2.51. The fourth-order valence-electron chi connectivity index (χ4n) is 4.44. The number of carbonyl (C=O) groups is 3. The number of benzene rings is 1. The number of hydrogen-bond acceptors (Lipinski definition) is 5. The van der Waals surface area contributed by atoms with E-state index in [0.29, 0.717) is 18.7 Å². The lowest BCUT2D eigenvalue weighted by molar-refractivity contribution is -0.137. The summed E-state index contributed by atoms with van der Waals surface area (Å²) in [6.07, 6.45) is 2.86. The molecule has 0 bridgehead atoms. The molecule has 1 aromatic carbocycles. The summed E-state index contributed by atoms with van der Waals surface area (Å²) in [5.41, 5.74) is 2.07. The van der Waals surface area contributed by atoms with E-state index in [9.17, 15) is 14.4 Å². The standard InChI is InChI=1S/C21H28N4O3/c26-19-6-5-18(20(27)23-19)15-1-3-17(4-2-15)24-11-13-25(14-12-24)21(28)16-7-9-22-10-8-16/h1-4,16,18,22H,5-14H2,(H,23,26,27). The predicted octanol–water partition coefficient (Wildman–Crippen LogP) is 0.855. The Morgan fingerprint density at radius 3 is 2.25 bits per heavy atom. The van der Waals surface area contributed by atoms with Gasteiger partial charge in [-0.3, -0.25) is 19.7 Å². The summed E-state index contributed by atoms with van der Waals surface area (Å²) >= 11 is 0. The third kappa shape index (κ3) is 4.04. The molecule has 3 heterocycles. The molecule has 1 atom stereocenters. The smallest absolute Gasteiger partial charge is 0.234 e. The third-order valence-electron chi connectivity index (χ3n) is 6.18. The molecule has 1 aromatic rings. The summed E-state index contributed by atoms with van der Waals surface area (Å²) in [5, 5.41) is 5.73. The second-order valence-corrected chi connectivity index (χ2v) is 7.93. The number of piperazine rings is 1. The molecule has 0 aromatic heterocycles. The fourth-order valence-corrected chi connectivity index (χ4v) is 4.44. The number of nitrogens with one attached hydrogen (secondary N) is 2. The molecular weight excluding hydrogens is 356 g/mol. The van der Waals surface area contributed by atoms with Crippen LogP contribution in [0.3, 0.4) is 0 Å². The van der Waals surface area contributed by atoms with Crippen molar-refractivity contribution in [3.63, 3.8) is 0 Å². The van der Waals surface area contributed by atoms with Crippen LogP contribution in [-0.4, -0.2) is 61.9 Å². The van der Waals surface area contributed by atoms with Crippen molar-refractivity contribution in [3.8, 4) is 0 Å². The van der Waals surface area contributed by atoms with Gasteiger partial charge in [-0.25, -0.2) is 0 Å². The van der Waals surface area contributed by atoms with E-state index in [1.807, 2.05) is 29.2 Å². The number of anilines is 1. The largest absolute Gasteiger partial charge is 0.368 e. The number of rotatable bonds is 3. The van der Waals surface area contributed by atoms with Gasteiger partial charge >= 0.3 is 0 Å². The van der Waals surface area contributed by atoms with Crippen LogP contribution in [0.25, 0.3) is 0 Å². The van der Waals surface area contributed by atoms with E-state index < -0.39 is 0 Å². The molecule has 0 spiro atoms. The van der Waals surface area contributed by atoms with Crippen LogP contribution in [-0.2, 0) is 14.4 Å². The van der Waals surface area contributed by atoms with Crippen molar-refractivity contribution in [2.24, 2.45) is 5.92 Å². The van der Waals surface area contributed by atoms with E-state index >= 15 is 0 Å². The Bertz CT molecular complexity index is 735. The number of imide groups is 1. The van der Waals surface area contributed by atoms with Gasteiger partial charge in [0.1, 0.15) is 0 Å². The van der Waals surface area contributed by atoms with Gasteiger partial charge in [-0.05, 0) is 50.0 Å². The molecule has 150 valence electrons. The molecule has 3 saturated heterocycles. The molecule has 3 amide bonds. The quantitative estimate of drug-likeness (QED) is 0.756. The van der Waals surface area contributed by atoms with E-state index in [2.05, 4.69) is 15.5 Å². The zero-order valence-corrected chi connectivity index (χ0v) is 16.2. The van der Waals surface area contributed by atoms with Crippen molar-refractivity contribution in [1.29, 1.82) is 0 Å². The molecule has 7 heteroatoms. The lowest BCUT2D eigenvalue weighted by atomic mass is 9.90. The molecule has 0 saturated carbocycles. The summed E-state index contributed by atoms with van der Waals surface area (Å²) in [6.45, 7) is 5.06. The first kappa shape index (κ1) is 18.9. The predicted molar refractivity (Wildman–Crippen MR) is 106 cm³/mol. The minimum atomic E-state index is -0.244. The second-order valence-electron chi connectivity index (χ2n) is 7.93. The Kier molecular flexibility index (Phi) is 5.62. The average Bonchev–Trinajstić information content (AvgIpc) is 2.74. The van der Waals surface area contributed by atoms with Gasteiger partial charge in [0.15, 0.2) is 0 Å². The number of hydrogen-bond donors (Lipinski definition) is 2. The van der Waals surface area contributed by atoms with Gasteiger partial charge in [-0.1, -0.05) is 12.1 Å². The minimum Gasteiger partial charge on any atom is -0.368 e. The van der Waals surface area contributed by atoms with Crippen LogP contribution in [0.1, 0.15) is 37.2 Å². The van der Waals surface area contributed by atoms with Crippen LogP contribution in [0.15, 0.2) is 24.3 Å². The molecule has 7 nitrogen and oxygen atoms in total. The van der Waals surface area contributed by atoms with E-state index in [1.165, 1.54) is 0 Å². The lowest BCUT2D eigenvalue weighted by Gasteiger charge is -2.38. The molecule has 28 heavy (non-hydrogen) atoms. The average molecular weight is 384 g/mol. The van der Waals surface area contributed by atoms with Crippen LogP contribution >= 0.6 is 0 Å². The summed E-state index contributed by atoms with van der Waals surface area (Å²) in [5.74, 6) is -0.134. The normalized spacial score (nSPS) is 24.2. The van der Waals surface area contributed by atoms with Gasteiger partial charge in [0.05, 0.1) is 5.92 Å². The maximum absolute atomic E-state index is 12.7. The zero-order valence-electron chi connectivity index (χ0n) is 16.2. The maximum atomic E-state index is 12.7. The van der Waals surface area contributed by atoms with Crippen molar-refractivity contribution in [1.82, 2.24) is 15.5 Å². The van der Waals surface area contributed by atoms with Crippen molar-refractivity contribution in [2.45, 2.75) is 31.6 Å². The van der Waals surface area contributed by atoms with Crippen molar-refractivity contribution < 1.29 is 14.4 Å². The Labute approximate surface area is 165 Å². The van der Waals surface area contributed by atoms with Crippen LogP contribution < -0.4 is 15.5 Å². The minimum absolute atomic E-state index is 0.181. The number of nitrogens with zero attached hydrogens (tertiary/aromatic N) is 2. The summed E-state index contributed by atoms with van der Waals surface area (Å²) in [7, 11) is 0. The van der Waals surface area contributed by atoms with Crippen LogP contribution in [0.4, 0.5) is 5.69 Å². The monoisotopic (exact) mass is 384 g/mol. The topological polar surface area (TPSA) is 81.8 Å². The van der Waals surface area contributed by atoms with Crippen molar-refractivity contribution >= 4 is 23.4 Å². The zero-order chi connectivity index (χ0) is 19.5. The summed E-state index contributed by atoms with van der Waals surface area (Å²) in [4.78, 5) is 40.4. The first-order chi connectivity index (χ1) is 13.6. The maximum Gasteiger partial charge on any atom is 0.234 e. The molecule has 3 fully saturated rings. The molecule has 4 rings (SSSR count). The van der Waals surface area contributed by atoms with E-state index in [4.69, 9.17) is 0 Å². The van der Waals surface area contributed by atoms with Gasteiger partial charge in [0, 0.05) is 44.2 Å². The second kappa shape index (κ2) is 8.31. The van der Waals surface area contributed by atoms with Gasteiger partial charge in [-0.2, -0.15) is 0 Å². The summed E-state index contributed by atoms with van der Waals surface area (Å²) in [6, 6.07) is 8.07. The highest BCUT2D eigenvalue weighted by molar-refractivity contribution is 6.00. The molecule has 2 N–H and O–H groups in total. The van der Waals surface area contributed by atoms with Crippen LogP contribution in [0.5, 0.6) is 0 Å². The van der Waals surface area contributed by atoms with E-state index in [0.717, 1.165) is 63.4 Å². The van der Waals surface area contributed by atoms with Crippen molar-refractivity contribution in [3.05, 3.63) is 29.8 Å². The van der Waals surface area contributed by atoms with Crippen molar-refractivity contribution in [2.75, 3.05) is 44.2 Å². The molecule has 3 aliphatic rings. The Balaban J connectivity index is 1.33. The van der Waals surface area contributed by atoms with Gasteiger partial charge in [0.25, 0.3) is 0 Å². The number of amides is 3. The third-order valence-corrected chi connectivity index (χ3v) is 6.18. The summed E-state index contributed by atoms with van der Waals surface area (Å²) < 4.78 is 0. The highest BCUT2D eigenvalue weighted by atomic mass is 16.2. The Morgan fingerprint density at radius 1 is 0.929 bits per heavy atom. The molecule has 1 unspecified atom stereocenters.